The summed E-state index contributed by atoms with van der Waals surface area (Å²) in [7, 11) is 0. The Bertz CT molecular complexity index is 552. The fourth-order valence-electron chi connectivity index (χ4n) is 2.79. The molecule has 1 N–H and O–H groups in total. The molecule has 0 spiro atoms. The molecule has 118 valence electrons. The first kappa shape index (κ1) is 14.9. The lowest BCUT2D eigenvalue weighted by molar-refractivity contribution is -0.122. The fraction of sp³-hybridized carbons (Fsp3) is 0.529. The van der Waals surface area contributed by atoms with E-state index < -0.39 is 0 Å². The van der Waals surface area contributed by atoms with Gasteiger partial charge in [0.1, 0.15) is 5.75 Å². The molecule has 2 fully saturated rings. The summed E-state index contributed by atoms with van der Waals surface area (Å²) in [6, 6.07) is 7.59. The molecule has 5 heteroatoms. The van der Waals surface area contributed by atoms with Crippen molar-refractivity contribution in [3.05, 3.63) is 24.3 Å². The first-order chi connectivity index (χ1) is 10.7. The maximum absolute atomic E-state index is 12.2. The molecule has 3 rings (SSSR count). The third-order valence-corrected chi connectivity index (χ3v) is 4.18. The van der Waals surface area contributed by atoms with Crippen LogP contribution in [0.25, 0.3) is 0 Å². The molecule has 1 unspecified atom stereocenters. The number of carbonyl (C=O) groups is 2. The van der Waals surface area contributed by atoms with Crippen LogP contribution in [0.4, 0.5) is 5.69 Å². The van der Waals surface area contributed by atoms with E-state index in [4.69, 9.17) is 4.74 Å². The van der Waals surface area contributed by atoms with Gasteiger partial charge in [-0.05, 0) is 44.0 Å². The van der Waals surface area contributed by atoms with Crippen LogP contribution >= 0.6 is 0 Å². The summed E-state index contributed by atoms with van der Waals surface area (Å²) < 4.78 is 5.41. The minimum atomic E-state index is 0.120. The number of ether oxygens (including phenoxy) is 1. The van der Waals surface area contributed by atoms with E-state index in [2.05, 4.69) is 5.32 Å². The van der Waals surface area contributed by atoms with Crippen LogP contribution in [0.2, 0.25) is 0 Å². The fourth-order valence-corrected chi connectivity index (χ4v) is 2.79. The van der Waals surface area contributed by atoms with Crippen molar-refractivity contribution in [2.24, 2.45) is 11.8 Å². The summed E-state index contributed by atoms with van der Waals surface area (Å²) >= 11 is 0. The summed E-state index contributed by atoms with van der Waals surface area (Å²) in [6.07, 6.45) is 2.51. The highest BCUT2D eigenvalue weighted by atomic mass is 16.5. The number of hydrogen-bond donors (Lipinski definition) is 1. The Labute approximate surface area is 130 Å². The Kier molecular flexibility index (Phi) is 4.32. The first-order valence-corrected chi connectivity index (χ1v) is 7.98. The van der Waals surface area contributed by atoms with Crippen LogP contribution in [0.15, 0.2) is 24.3 Å². The molecule has 1 aliphatic heterocycles. The average molecular weight is 302 g/mol. The van der Waals surface area contributed by atoms with Crippen molar-refractivity contribution in [2.45, 2.75) is 26.2 Å². The summed E-state index contributed by atoms with van der Waals surface area (Å²) in [5.74, 6) is 1.49. The van der Waals surface area contributed by atoms with Gasteiger partial charge in [-0.25, -0.2) is 0 Å². The molecule has 1 heterocycles. The Balaban J connectivity index is 1.55. The standard InChI is InChI=1S/C17H22N2O3/c1-2-22-15-7-5-14(6-8-15)19-11-12(9-16(19)20)10-18-17(21)13-3-4-13/h5-8,12-13H,2-4,9-11H2,1H3,(H,18,21). The van der Waals surface area contributed by atoms with Crippen LogP contribution in [-0.2, 0) is 9.59 Å². The number of nitrogens with one attached hydrogen (secondary N) is 1. The van der Waals surface area contributed by atoms with Gasteiger partial charge >= 0.3 is 0 Å². The summed E-state index contributed by atoms with van der Waals surface area (Å²) in [6.45, 7) is 3.83. The number of carbonyl (C=O) groups excluding carboxylic acids is 2. The molecular weight excluding hydrogens is 280 g/mol. The lowest BCUT2D eigenvalue weighted by Crippen LogP contribution is -2.32. The summed E-state index contributed by atoms with van der Waals surface area (Å²) in [4.78, 5) is 25.6. The highest BCUT2D eigenvalue weighted by Gasteiger charge is 2.33. The highest BCUT2D eigenvalue weighted by Crippen LogP contribution is 2.29. The van der Waals surface area contributed by atoms with Gasteiger partial charge in [-0.15, -0.1) is 0 Å². The van der Waals surface area contributed by atoms with Gasteiger partial charge in [-0.1, -0.05) is 0 Å². The molecule has 1 saturated carbocycles. The second kappa shape index (κ2) is 6.38. The third-order valence-electron chi connectivity index (χ3n) is 4.18. The zero-order chi connectivity index (χ0) is 15.5. The molecule has 0 bridgehead atoms. The van der Waals surface area contributed by atoms with Gasteiger partial charge in [-0.2, -0.15) is 0 Å². The van der Waals surface area contributed by atoms with Crippen LogP contribution in [0.1, 0.15) is 26.2 Å². The van der Waals surface area contributed by atoms with Crippen molar-refractivity contribution in [3.8, 4) is 5.75 Å². The molecule has 1 aromatic rings. The van der Waals surface area contributed by atoms with Gasteiger partial charge in [0, 0.05) is 37.0 Å². The lowest BCUT2D eigenvalue weighted by Gasteiger charge is -2.17. The molecule has 1 aromatic carbocycles. The van der Waals surface area contributed by atoms with E-state index in [0.29, 0.717) is 26.1 Å². The van der Waals surface area contributed by atoms with Gasteiger partial charge in [0.15, 0.2) is 0 Å². The quantitative estimate of drug-likeness (QED) is 0.874. The first-order valence-electron chi connectivity index (χ1n) is 7.98. The molecule has 2 amide bonds. The Morgan fingerprint density at radius 3 is 2.68 bits per heavy atom. The van der Waals surface area contributed by atoms with E-state index in [1.165, 1.54) is 0 Å². The Morgan fingerprint density at radius 2 is 2.05 bits per heavy atom. The van der Waals surface area contributed by atoms with Gasteiger partial charge in [-0.3, -0.25) is 9.59 Å². The second-order valence-electron chi connectivity index (χ2n) is 6.02. The number of anilines is 1. The number of amides is 2. The number of hydrogen-bond acceptors (Lipinski definition) is 3. The van der Waals surface area contributed by atoms with Crippen LogP contribution in [-0.4, -0.2) is 31.5 Å². The van der Waals surface area contributed by atoms with E-state index in [0.717, 1.165) is 24.3 Å². The van der Waals surface area contributed by atoms with E-state index in [-0.39, 0.29) is 23.7 Å². The number of benzene rings is 1. The molecule has 1 aliphatic carbocycles. The minimum absolute atomic E-state index is 0.120. The zero-order valence-corrected chi connectivity index (χ0v) is 12.9. The molecular formula is C17H22N2O3. The average Bonchev–Trinajstić information content (AvgIpc) is 3.30. The third kappa shape index (κ3) is 3.40. The number of rotatable bonds is 6. The smallest absolute Gasteiger partial charge is 0.227 e. The van der Waals surface area contributed by atoms with Gasteiger partial charge in [0.05, 0.1) is 6.61 Å². The van der Waals surface area contributed by atoms with Gasteiger partial charge in [0.2, 0.25) is 11.8 Å². The largest absolute Gasteiger partial charge is 0.494 e. The highest BCUT2D eigenvalue weighted by molar-refractivity contribution is 5.95. The Morgan fingerprint density at radius 1 is 1.32 bits per heavy atom. The second-order valence-corrected chi connectivity index (χ2v) is 6.02. The normalized spacial score (nSPS) is 21.0. The van der Waals surface area contributed by atoms with E-state index in [9.17, 15) is 9.59 Å². The van der Waals surface area contributed by atoms with Crippen LogP contribution in [0.3, 0.4) is 0 Å². The van der Waals surface area contributed by atoms with Gasteiger partial charge < -0.3 is 15.0 Å². The van der Waals surface area contributed by atoms with E-state index in [1.807, 2.05) is 31.2 Å². The van der Waals surface area contributed by atoms with Crippen molar-refractivity contribution < 1.29 is 14.3 Å². The summed E-state index contributed by atoms with van der Waals surface area (Å²) in [5, 5.41) is 2.97. The van der Waals surface area contributed by atoms with Crippen molar-refractivity contribution in [1.82, 2.24) is 5.32 Å². The van der Waals surface area contributed by atoms with Crippen molar-refractivity contribution >= 4 is 17.5 Å². The molecule has 5 nitrogen and oxygen atoms in total. The molecule has 1 saturated heterocycles. The molecule has 22 heavy (non-hydrogen) atoms. The predicted octanol–water partition coefficient (Wildman–Crippen LogP) is 1.96. The Hall–Kier alpha value is -2.04. The van der Waals surface area contributed by atoms with Crippen LogP contribution < -0.4 is 15.0 Å². The summed E-state index contributed by atoms with van der Waals surface area (Å²) in [5.41, 5.74) is 0.893. The van der Waals surface area contributed by atoms with Crippen molar-refractivity contribution in [2.75, 3.05) is 24.6 Å². The number of nitrogens with zero attached hydrogens (tertiary/aromatic N) is 1. The van der Waals surface area contributed by atoms with Crippen molar-refractivity contribution in [1.29, 1.82) is 0 Å². The minimum Gasteiger partial charge on any atom is -0.494 e. The van der Waals surface area contributed by atoms with E-state index >= 15 is 0 Å². The van der Waals surface area contributed by atoms with Crippen LogP contribution in [0, 0.1) is 11.8 Å². The topological polar surface area (TPSA) is 58.6 Å². The SMILES string of the molecule is CCOc1ccc(N2CC(CNC(=O)C3CC3)CC2=O)cc1. The maximum Gasteiger partial charge on any atom is 0.227 e. The maximum atomic E-state index is 12.2. The molecule has 1 atom stereocenters. The predicted molar refractivity (Wildman–Crippen MR) is 83.8 cm³/mol. The monoisotopic (exact) mass is 302 g/mol. The van der Waals surface area contributed by atoms with Crippen LogP contribution in [0.5, 0.6) is 5.75 Å². The molecule has 0 radical (unpaired) electrons. The molecule has 0 aromatic heterocycles. The van der Waals surface area contributed by atoms with E-state index in [1.54, 1.807) is 4.90 Å². The molecule has 2 aliphatic rings. The zero-order valence-electron chi connectivity index (χ0n) is 12.9. The van der Waals surface area contributed by atoms with Crippen molar-refractivity contribution in [3.63, 3.8) is 0 Å². The van der Waals surface area contributed by atoms with Gasteiger partial charge in [0.25, 0.3) is 0 Å². The lowest BCUT2D eigenvalue weighted by atomic mass is 10.1.